The largest absolute Gasteiger partial charge is 0.361 e. The van der Waals surface area contributed by atoms with Gasteiger partial charge in [0.05, 0.1) is 5.54 Å². The van der Waals surface area contributed by atoms with Gasteiger partial charge in [0.1, 0.15) is 12.1 Å². The number of nitrogens with one attached hydrogen (secondary N) is 3. The van der Waals surface area contributed by atoms with Gasteiger partial charge >= 0.3 is 0 Å². The number of H-pyrrole nitrogens is 1. The molecule has 8 heteroatoms. The Kier molecular flexibility index (Phi) is 7.00. The second-order valence-corrected chi connectivity index (χ2v) is 8.75. The fraction of sp³-hybridized carbons (Fsp3) is 0.522. The normalized spacial score (nSPS) is 17.9. The van der Waals surface area contributed by atoms with Gasteiger partial charge in [-0.2, -0.15) is 0 Å². The summed E-state index contributed by atoms with van der Waals surface area (Å²) in [5.74, 6) is -0.803. The fourth-order valence-electron chi connectivity index (χ4n) is 4.02. The van der Waals surface area contributed by atoms with E-state index < -0.39 is 23.5 Å². The van der Waals surface area contributed by atoms with Gasteiger partial charge in [-0.3, -0.25) is 14.4 Å². The number of carbonyl (C=O) groups excluding carboxylic acids is 3. The number of aromatic amines is 1. The van der Waals surface area contributed by atoms with Crippen LogP contribution < -0.4 is 16.4 Å². The highest BCUT2D eigenvalue weighted by atomic mass is 16.2. The maximum Gasteiger partial charge on any atom is 0.246 e. The molecule has 0 radical (unpaired) electrons. The molecule has 2 atom stereocenters. The van der Waals surface area contributed by atoms with Crippen LogP contribution in [0.15, 0.2) is 30.5 Å². The first-order chi connectivity index (χ1) is 14.7. The standard InChI is InChI=1S/C23H33N5O3/c1-4-25-20(29)19-11-7-8-12-28(19)21(30)18(27-22(31)23(2,3)24)13-15-14-26-17-10-6-5-9-16(15)17/h5-6,9-10,14,18-19,26H,4,7-8,11-13,24H2,1-3H3,(H,25,29)(H,27,31)/t18-,19-/m1/s1. The molecule has 0 bridgehead atoms. The molecule has 0 unspecified atom stereocenters. The molecule has 1 aliphatic heterocycles. The van der Waals surface area contributed by atoms with E-state index in [1.165, 1.54) is 0 Å². The Morgan fingerprint density at radius 1 is 1.26 bits per heavy atom. The van der Waals surface area contributed by atoms with E-state index in [0.29, 0.717) is 25.9 Å². The van der Waals surface area contributed by atoms with Crippen LogP contribution in [0.4, 0.5) is 0 Å². The van der Waals surface area contributed by atoms with Gasteiger partial charge in [-0.15, -0.1) is 0 Å². The quantitative estimate of drug-likeness (QED) is 0.534. The zero-order valence-electron chi connectivity index (χ0n) is 18.5. The van der Waals surface area contributed by atoms with Crippen molar-refractivity contribution in [1.29, 1.82) is 0 Å². The number of carbonyl (C=O) groups is 3. The second-order valence-electron chi connectivity index (χ2n) is 8.75. The summed E-state index contributed by atoms with van der Waals surface area (Å²) in [4.78, 5) is 43.7. The van der Waals surface area contributed by atoms with Crippen LogP contribution in [-0.2, 0) is 20.8 Å². The Morgan fingerprint density at radius 2 is 2.00 bits per heavy atom. The number of likely N-dealkylation sites (tertiary alicyclic amines) is 1. The van der Waals surface area contributed by atoms with Crippen LogP contribution in [0, 0.1) is 0 Å². The van der Waals surface area contributed by atoms with Gasteiger partial charge in [0, 0.05) is 36.6 Å². The predicted molar refractivity (Wildman–Crippen MR) is 120 cm³/mol. The molecule has 5 N–H and O–H groups in total. The first kappa shape index (κ1) is 22.8. The summed E-state index contributed by atoms with van der Waals surface area (Å²) in [6, 6.07) is 6.49. The van der Waals surface area contributed by atoms with Crippen molar-refractivity contribution in [3.8, 4) is 0 Å². The van der Waals surface area contributed by atoms with E-state index in [9.17, 15) is 14.4 Å². The Hall–Kier alpha value is -2.87. The summed E-state index contributed by atoms with van der Waals surface area (Å²) in [5, 5.41) is 6.68. The van der Waals surface area contributed by atoms with Gasteiger partial charge in [-0.05, 0) is 51.7 Å². The van der Waals surface area contributed by atoms with Crippen molar-refractivity contribution in [1.82, 2.24) is 20.5 Å². The van der Waals surface area contributed by atoms with Gasteiger partial charge in [-0.25, -0.2) is 0 Å². The third-order valence-corrected chi connectivity index (χ3v) is 5.73. The lowest BCUT2D eigenvalue weighted by molar-refractivity contribution is -0.145. The number of rotatable bonds is 7. The molecule has 3 amide bonds. The van der Waals surface area contributed by atoms with Gasteiger partial charge in [0.25, 0.3) is 0 Å². The summed E-state index contributed by atoms with van der Waals surface area (Å²) in [6.45, 7) is 6.07. The highest BCUT2D eigenvalue weighted by Crippen LogP contribution is 2.23. The Bertz CT molecular complexity index is 946. The molecular formula is C23H33N5O3. The van der Waals surface area contributed by atoms with E-state index in [4.69, 9.17) is 5.73 Å². The third kappa shape index (κ3) is 5.25. The molecule has 3 rings (SSSR count). The lowest BCUT2D eigenvalue weighted by Gasteiger charge is -2.37. The molecule has 1 saturated heterocycles. The molecule has 0 spiro atoms. The predicted octanol–water partition coefficient (Wildman–Crippen LogP) is 1.45. The van der Waals surface area contributed by atoms with E-state index in [2.05, 4.69) is 15.6 Å². The zero-order valence-corrected chi connectivity index (χ0v) is 18.5. The molecule has 1 aromatic heterocycles. The molecule has 1 aliphatic rings. The minimum Gasteiger partial charge on any atom is -0.361 e. The second kappa shape index (κ2) is 9.51. The maximum absolute atomic E-state index is 13.6. The summed E-state index contributed by atoms with van der Waals surface area (Å²) in [5.41, 5.74) is 6.74. The zero-order chi connectivity index (χ0) is 22.6. The number of hydrogen-bond acceptors (Lipinski definition) is 4. The first-order valence-corrected chi connectivity index (χ1v) is 11.0. The molecule has 31 heavy (non-hydrogen) atoms. The van der Waals surface area contributed by atoms with Gasteiger partial charge in [-0.1, -0.05) is 18.2 Å². The number of piperidine rings is 1. The van der Waals surface area contributed by atoms with Crippen LogP contribution in [0.25, 0.3) is 10.9 Å². The number of para-hydroxylation sites is 1. The number of likely N-dealkylation sites (N-methyl/N-ethyl adjacent to an activating group) is 1. The number of nitrogens with two attached hydrogens (primary N) is 1. The summed E-state index contributed by atoms with van der Waals surface area (Å²) in [6.07, 6.45) is 4.51. The molecule has 2 aromatic rings. The Balaban J connectivity index is 1.89. The molecule has 8 nitrogen and oxygen atoms in total. The molecule has 168 valence electrons. The van der Waals surface area contributed by atoms with Crippen LogP contribution in [0.5, 0.6) is 0 Å². The molecular weight excluding hydrogens is 394 g/mol. The first-order valence-electron chi connectivity index (χ1n) is 11.0. The minimum absolute atomic E-state index is 0.146. The van der Waals surface area contributed by atoms with Crippen LogP contribution >= 0.6 is 0 Å². The number of aromatic nitrogens is 1. The summed E-state index contributed by atoms with van der Waals surface area (Å²) in [7, 11) is 0. The van der Waals surface area contributed by atoms with Crippen LogP contribution in [-0.4, -0.2) is 58.3 Å². The molecule has 2 heterocycles. The highest BCUT2D eigenvalue weighted by molar-refractivity contribution is 5.95. The lowest BCUT2D eigenvalue weighted by Crippen LogP contribution is -2.60. The molecule has 1 fully saturated rings. The number of amides is 3. The SMILES string of the molecule is CCNC(=O)[C@H]1CCCCN1C(=O)[C@@H](Cc1c[nH]c2ccccc12)NC(=O)C(C)(C)N. The third-order valence-electron chi connectivity index (χ3n) is 5.73. The van der Waals surface area contributed by atoms with E-state index >= 15 is 0 Å². The van der Waals surface area contributed by atoms with Crippen molar-refractivity contribution in [2.24, 2.45) is 5.73 Å². The lowest BCUT2D eigenvalue weighted by atomic mass is 9.97. The van der Waals surface area contributed by atoms with Gasteiger partial charge < -0.3 is 26.3 Å². The van der Waals surface area contributed by atoms with Gasteiger partial charge in [0.2, 0.25) is 17.7 Å². The van der Waals surface area contributed by atoms with Crippen LogP contribution in [0.1, 0.15) is 45.6 Å². The molecule has 0 aliphatic carbocycles. The van der Waals surface area contributed by atoms with Crippen LogP contribution in [0.3, 0.4) is 0 Å². The molecule has 1 aromatic carbocycles. The molecule has 0 saturated carbocycles. The van der Waals surface area contributed by atoms with Crippen molar-refractivity contribution in [2.75, 3.05) is 13.1 Å². The average molecular weight is 428 g/mol. The number of benzene rings is 1. The van der Waals surface area contributed by atoms with E-state index in [1.54, 1.807) is 18.7 Å². The number of nitrogens with zero attached hydrogens (tertiary/aromatic N) is 1. The number of fused-ring (bicyclic) bond motifs is 1. The Labute approximate surface area is 182 Å². The highest BCUT2D eigenvalue weighted by Gasteiger charge is 2.37. The average Bonchev–Trinajstić information content (AvgIpc) is 3.15. The minimum atomic E-state index is -1.13. The van der Waals surface area contributed by atoms with Crippen molar-refractivity contribution in [3.05, 3.63) is 36.0 Å². The van der Waals surface area contributed by atoms with Crippen molar-refractivity contribution >= 4 is 28.6 Å². The van der Waals surface area contributed by atoms with Crippen molar-refractivity contribution in [2.45, 2.75) is 64.1 Å². The monoisotopic (exact) mass is 427 g/mol. The maximum atomic E-state index is 13.6. The number of hydrogen-bond donors (Lipinski definition) is 4. The fourth-order valence-corrected chi connectivity index (χ4v) is 4.02. The Morgan fingerprint density at radius 3 is 2.71 bits per heavy atom. The summed E-state index contributed by atoms with van der Waals surface area (Å²) >= 11 is 0. The van der Waals surface area contributed by atoms with E-state index in [-0.39, 0.29) is 11.8 Å². The van der Waals surface area contributed by atoms with E-state index in [1.807, 2.05) is 37.4 Å². The topological polar surface area (TPSA) is 120 Å². The van der Waals surface area contributed by atoms with Crippen LogP contribution in [0.2, 0.25) is 0 Å². The summed E-state index contributed by atoms with van der Waals surface area (Å²) < 4.78 is 0. The van der Waals surface area contributed by atoms with Gasteiger partial charge in [0.15, 0.2) is 0 Å². The van der Waals surface area contributed by atoms with Crippen molar-refractivity contribution in [3.63, 3.8) is 0 Å². The smallest absolute Gasteiger partial charge is 0.246 e. The van der Waals surface area contributed by atoms with E-state index in [0.717, 1.165) is 29.3 Å². The van der Waals surface area contributed by atoms with Crippen molar-refractivity contribution < 1.29 is 14.4 Å².